The van der Waals surface area contributed by atoms with Crippen LogP contribution in [0, 0.1) is 30.5 Å². The molecule has 0 fully saturated rings. The number of para-hydroxylation sites is 1. The van der Waals surface area contributed by atoms with Crippen molar-refractivity contribution in [3.8, 4) is 22.6 Å². The minimum atomic E-state index is 0. The SMILES string of the molecule is C/C=C\C(=C/C(=[N-])c1[c-]ccc2c1oc1nc(C)ccc12)CC(C)(C)C.[Ir].[c-]1ccccc1-c1ccccn1.[c-]1ccccc1-c1nc2cccc3c2n1CCC3. The molecule has 1 aliphatic rings. The number of imidazole rings is 1. The van der Waals surface area contributed by atoms with Crippen molar-refractivity contribution in [2.75, 3.05) is 0 Å². The molecule has 8 aromatic rings. The summed E-state index contributed by atoms with van der Waals surface area (Å²) in [5.41, 5.74) is 11.0. The number of aromatic nitrogens is 4. The molecule has 289 valence electrons. The molecule has 0 spiro atoms. The van der Waals surface area contributed by atoms with Gasteiger partial charge in [0.15, 0.2) is 0 Å². The Morgan fingerprint density at radius 1 is 0.842 bits per heavy atom. The van der Waals surface area contributed by atoms with Crippen LogP contribution in [0.15, 0.2) is 144 Å². The Morgan fingerprint density at radius 2 is 1.61 bits per heavy atom. The van der Waals surface area contributed by atoms with Gasteiger partial charge < -0.3 is 19.4 Å². The van der Waals surface area contributed by atoms with Crippen LogP contribution in [0.5, 0.6) is 0 Å². The van der Waals surface area contributed by atoms with Gasteiger partial charge in [0.1, 0.15) is 0 Å². The van der Waals surface area contributed by atoms with Crippen molar-refractivity contribution in [2.45, 2.75) is 60.4 Å². The summed E-state index contributed by atoms with van der Waals surface area (Å²) in [6, 6.07) is 45.5. The summed E-state index contributed by atoms with van der Waals surface area (Å²) in [5, 5.41) is 12.7. The second-order valence-electron chi connectivity index (χ2n) is 15.1. The normalized spacial score (nSPS) is 12.5. The number of fused-ring (bicyclic) bond motifs is 3. The molecule has 0 saturated heterocycles. The van der Waals surface area contributed by atoms with Crippen LogP contribution in [0.25, 0.3) is 61.2 Å². The average Bonchev–Trinajstić information content (AvgIpc) is 3.78. The van der Waals surface area contributed by atoms with E-state index in [2.05, 4.69) is 77.8 Å². The first-order valence-corrected chi connectivity index (χ1v) is 19.1. The van der Waals surface area contributed by atoms with Gasteiger partial charge in [0, 0.05) is 49.5 Å². The van der Waals surface area contributed by atoms with E-state index in [1.54, 1.807) is 6.20 Å². The minimum absolute atomic E-state index is 0. The molecule has 1 aliphatic heterocycles. The molecule has 0 amide bonds. The van der Waals surface area contributed by atoms with Crippen LogP contribution in [-0.4, -0.2) is 25.2 Å². The van der Waals surface area contributed by atoms with E-state index in [0.717, 1.165) is 63.2 Å². The van der Waals surface area contributed by atoms with Crippen molar-refractivity contribution in [3.05, 3.63) is 180 Å². The van der Waals surface area contributed by atoms with Crippen molar-refractivity contribution >= 4 is 38.8 Å². The smallest absolute Gasteiger partial charge is 0.216 e. The summed E-state index contributed by atoms with van der Waals surface area (Å²) in [6.07, 6.45) is 10.8. The summed E-state index contributed by atoms with van der Waals surface area (Å²) < 4.78 is 8.30. The van der Waals surface area contributed by atoms with E-state index in [1.807, 2.05) is 117 Å². The van der Waals surface area contributed by atoms with Crippen LogP contribution in [-0.2, 0) is 33.1 Å². The molecular weight excluding hydrogens is 879 g/mol. The molecule has 5 heterocycles. The zero-order valence-corrected chi connectivity index (χ0v) is 35.4. The molecule has 9 rings (SSSR count). The standard InChI is InChI=1S/C23H24N2O.C16H13N2.C11H8N.Ir/c1-6-8-16(14-23(3,4)5)13-20(24)19-10-7-9-17-18-12-11-15(2)25-22(18)26-21(17)19;1-2-6-13(7-3-1)16-17-14-10-4-8-12-9-5-11-18(16)15(12)14;1-2-6-10(7-3-1)11-8-4-5-9-12-11;/h6-9,11-13H,14H2,1-5H3;1-4,6,8,10H,5,9,11H2;1-6,8-9H;/q-2;2*-1;/b8-6-,16-13+;;;. The monoisotopic (exact) mass is 924 g/mol. The van der Waals surface area contributed by atoms with Gasteiger partial charge in [0.2, 0.25) is 5.71 Å². The van der Waals surface area contributed by atoms with Crippen LogP contribution in [0.4, 0.5) is 0 Å². The minimum Gasteiger partial charge on any atom is -0.855 e. The van der Waals surface area contributed by atoms with Gasteiger partial charge >= 0.3 is 0 Å². The number of allylic oxidation sites excluding steroid dienone is 4. The Kier molecular flexibility index (Phi) is 13.2. The van der Waals surface area contributed by atoms with Gasteiger partial charge in [0.05, 0.1) is 16.9 Å². The van der Waals surface area contributed by atoms with Crippen molar-refractivity contribution in [2.24, 2.45) is 5.41 Å². The van der Waals surface area contributed by atoms with Gasteiger partial charge in [-0.2, -0.15) is 0 Å². The summed E-state index contributed by atoms with van der Waals surface area (Å²) >= 11 is 0. The van der Waals surface area contributed by atoms with Gasteiger partial charge in [0.25, 0.3) is 0 Å². The van der Waals surface area contributed by atoms with Gasteiger partial charge in [-0.1, -0.05) is 68.1 Å². The maximum absolute atomic E-state index is 10.8. The van der Waals surface area contributed by atoms with Crippen LogP contribution in [0.2, 0.25) is 0 Å². The van der Waals surface area contributed by atoms with Gasteiger partial charge in [-0.05, 0) is 74.0 Å². The molecule has 1 radical (unpaired) electrons. The maximum Gasteiger partial charge on any atom is 0.216 e. The number of rotatable bonds is 6. The van der Waals surface area contributed by atoms with E-state index in [1.165, 1.54) is 23.9 Å². The second-order valence-corrected chi connectivity index (χ2v) is 15.1. The van der Waals surface area contributed by atoms with Crippen molar-refractivity contribution in [1.82, 2.24) is 19.5 Å². The molecule has 0 atom stereocenters. The molecule has 7 heteroatoms. The first-order valence-electron chi connectivity index (χ1n) is 19.1. The van der Waals surface area contributed by atoms with Crippen LogP contribution in [0.3, 0.4) is 0 Å². The molecule has 0 saturated carbocycles. The van der Waals surface area contributed by atoms with E-state index >= 15 is 0 Å². The Labute approximate surface area is 349 Å². The molecule has 4 aromatic carbocycles. The first-order chi connectivity index (χ1) is 27.2. The molecule has 0 N–H and O–H groups in total. The molecule has 6 nitrogen and oxygen atoms in total. The van der Waals surface area contributed by atoms with Gasteiger partial charge in [-0.15, -0.1) is 102 Å². The predicted molar refractivity (Wildman–Crippen MR) is 230 cm³/mol. The molecule has 4 aromatic heterocycles. The van der Waals surface area contributed by atoms with Gasteiger partial charge in [-0.3, -0.25) is 4.98 Å². The third kappa shape index (κ3) is 9.80. The summed E-state index contributed by atoms with van der Waals surface area (Å²) in [4.78, 5) is 13.5. The summed E-state index contributed by atoms with van der Waals surface area (Å²) in [5.74, 6) is 1.05. The van der Waals surface area contributed by atoms with E-state index in [9.17, 15) is 5.41 Å². The number of nitrogens with zero attached hydrogens (tertiary/aromatic N) is 5. The molecule has 0 bridgehead atoms. The second kappa shape index (κ2) is 18.5. The summed E-state index contributed by atoms with van der Waals surface area (Å²) in [7, 11) is 0. The van der Waals surface area contributed by atoms with Crippen LogP contribution >= 0.6 is 0 Å². The largest absolute Gasteiger partial charge is 0.855 e. The fourth-order valence-electron chi connectivity index (χ4n) is 7.06. The number of aryl methyl sites for hydroxylation is 3. The summed E-state index contributed by atoms with van der Waals surface area (Å²) in [6.45, 7) is 11.5. The fourth-order valence-corrected chi connectivity index (χ4v) is 7.06. The Bertz CT molecular complexity index is 2610. The maximum atomic E-state index is 10.8. The van der Waals surface area contributed by atoms with Crippen LogP contribution < -0.4 is 0 Å². The zero-order chi connectivity index (χ0) is 39.1. The van der Waals surface area contributed by atoms with E-state index in [-0.39, 0.29) is 31.2 Å². The van der Waals surface area contributed by atoms with Crippen molar-refractivity contribution in [3.63, 3.8) is 0 Å². The molecule has 0 unspecified atom stereocenters. The molecule has 57 heavy (non-hydrogen) atoms. The number of hydrogen-bond donors (Lipinski definition) is 0. The van der Waals surface area contributed by atoms with Crippen molar-refractivity contribution in [1.29, 1.82) is 0 Å². The Morgan fingerprint density at radius 3 is 2.32 bits per heavy atom. The Hall–Kier alpha value is -5.75. The number of furan rings is 1. The average molecular weight is 924 g/mol. The van der Waals surface area contributed by atoms with E-state index in [4.69, 9.17) is 9.40 Å². The van der Waals surface area contributed by atoms with Gasteiger partial charge in [-0.25, -0.2) is 10.7 Å². The zero-order valence-electron chi connectivity index (χ0n) is 33.0. The number of pyridine rings is 2. The third-order valence-electron chi connectivity index (χ3n) is 9.41. The quantitative estimate of drug-likeness (QED) is 0.0945. The Balaban J connectivity index is 0.000000153. The third-order valence-corrected chi connectivity index (χ3v) is 9.41. The molecule has 0 aliphatic carbocycles. The fraction of sp³-hybridized carbons (Fsp3) is 0.200. The first kappa shape index (κ1) is 40.9. The topological polar surface area (TPSA) is 79.0 Å². The molecular formula is C50H45IrN5O-4. The van der Waals surface area contributed by atoms with E-state index in [0.29, 0.717) is 16.9 Å². The number of benzene rings is 4. The van der Waals surface area contributed by atoms with Crippen LogP contribution in [0.1, 0.15) is 57.4 Å². The number of hydrogen-bond acceptors (Lipinski definition) is 4. The van der Waals surface area contributed by atoms with Crippen molar-refractivity contribution < 1.29 is 24.5 Å². The van der Waals surface area contributed by atoms with E-state index < -0.39 is 0 Å². The predicted octanol–water partition coefficient (Wildman–Crippen LogP) is 12.4.